The summed E-state index contributed by atoms with van der Waals surface area (Å²) in [7, 11) is 0. The van der Waals surface area contributed by atoms with Crippen molar-refractivity contribution in [3.8, 4) is 0 Å². The minimum atomic E-state index is 0.256. The zero-order valence-corrected chi connectivity index (χ0v) is 10.3. The molecule has 0 aromatic carbocycles. The van der Waals surface area contributed by atoms with Gasteiger partial charge in [0, 0.05) is 24.5 Å². The average Bonchev–Trinajstić information content (AvgIpc) is 2.78. The van der Waals surface area contributed by atoms with Crippen LogP contribution in [-0.2, 0) is 4.74 Å². The van der Waals surface area contributed by atoms with E-state index in [1.54, 1.807) is 0 Å². The number of morpholine rings is 1. The molecule has 3 aliphatic rings. The molecule has 1 saturated carbocycles. The molecule has 0 spiro atoms. The second kappa shape index (κ2) is 4.80. The van der Waals surface area contributed by atoms with Gasteiger partial charge in [0.2, 0.25) is 0 Å². The SMILES string of the molecule is CC.O=NCC1(CN2CC3CC2CO3)CC1. The number of fused-ring (bicyclic) bond motifs is 2. The third-order valence-corrected chi connectivity index (χ3v) is 3.91. The third kappa shape index (κ3) is 2.28. The summed E-state index contributed by atoms with van der Waals surface area (Å²) >= 11 is 0. The second-order valence-electron chi connectivity index (χ2n) is 5.06. The third-order valence-electron chi connectivity index (χ3n) is 3.91. The van der Waals surface area contributed by atoms with Gasteiger partial charge in [-0.2, -0.15) is 4.91 Å². The average molecular weight is 226 g/mol. The highest BCUT2D eigenvalue weighted by Gasteiger charge is 2.48. The Labute approximate surface area is 97.3 Å². The highest BCUT2D eigenvalue weighted by Crippen LogP contribution is 2.48. The molecule has 2 aliphatic heterocycles. The zero-order valence-electron chi connectivity index (χ0n) is 10.3. The van der Waals surface area contributed by atoms with Crippen LogP contribution in [0.4, 0.5) is 0 Å². The molecule has 4 heteroatoms. The van der Waals surface area contributed by atoms with Crippen LogP contribution in [0, 0.1) is 10.3 Å². The molecule has 92 valence electrons. The van der Waals surface area contributed by atoms with Crippen molar-refractivity contribution in [3.63, 3.8) is 0 Å². The molecule has 4 nitrogen and oxygen atoms in total. The Morgan fingerprint density at radius 3 is 2.62 bits per heavy atom. The zero-order chi connectivity index (χ0) is 11.6. The van der Waals surface area contributed by atoms with Gasteiger partial charge in [-0.3, -0.25) is 4.90 Å². The topological polar surface area (TPSA) is 41.9 Å². The lowest BCUT2D eigenvalue weighted by molar-refractivity contribution is 0.0228. The molecule has 2 unspecified atom stereocenters. The first-order valence-corrected chi connectivity index (χ1v) is 6.46. The van der Waals surface area contributed by atoms with Crippen molar-refractivity contribution in [1.29, 1.82) is 0 Å². The number of nitroso groups, excluding NO2 is 1. The molecule has 16 heavy (non-hydrogen) atoms. The summed E-state index contributed by atoms with van der Waals surface area (Å²) in [6, 6.07) is 0.629. The number of hydrogen-bond donors (Lipinski definition) is 0. The molecule has 1 aliphatic carbocycles. The van der Waals surface area contributed by atoms with Gasteiger partial charge < -0.3 is 4.74 Å². The Morgan fingerprint density at radius 2 is 2.19 bits per heavy atom. The van der Waals surface area contributed by atoms with Gasteiger partial charge in [0.05, 0.1) is 19.3 Å². The maximum atomic E-state index is 10.3. The summed E-state index contributed by atoms with van der Waals surface area (Å²) in [6.45, 7) is 7.56. The van der Waals surface area contributed by atoms with Gasteiger partial charge in [0.15, 0.2) is 0 Å². The van der Waals surface area contributed by atoms with E-state index in [1.807, 2.05) is 13.8 Å². The number of rotatable bonds is 4. The van der Waals surface area contributed by atoms with E-state index in [4.69, 9.17) is 4.74 Å². The lowest BCUT2D eigenvalue weighted by atomic mass is 10.1. The fraction of sp³-hybridized carbons (Fsp3) is 1.00. The van der Waals surface area contributed by atoms with Gasteiger partial charge in [-0.1, -0.05) is 19.0 Å². The van der Waals surface area contributed by atoms with Crippen LogP contribution in [0.25, 0.3) is 0 Å². The molecule has 3 fully saturated rings. The van der Waals surface area contributed by atoms with Crippen LogP contribution in [0.3, 0.4) is 0 Å². The first kappa shape index (κ1) is 12.0. The highest BCUT2D eigenvalue weighted by atomic mass is 16.5. The quantitative estimate of drug-likeness (QED) is 0.689. The molecule has 0 radical (unpaired) electrons. The van der Waals surface area contributed by atoms with Crippen molar-refractivity contribution in [3.05, 3.63) is 4.91 Å². The smallest absolute Gasteiger partial charge is 0.0879 e. The van der Waals surface area contributed by atoms with Gasteiger partial charge in [-0.15, -0.1) is 0 Å². The normalized spacial score (nSPS) is 34.4. The van der Waals surface area contributed by atoms with E-state index in [9.17, 15) is 4.91 Å². The summed E-state index contributed by atoms with van der Waals surface area (Å²) < 4.78 is 5.55. The first-order chi connectivity index (χ1) is 7.81. The fourth-order valence-corrected chi connectivity index (χ4v) is 2.78. The van der Waals surface area contributed by atoms with E-state index < -0.39 is 0 Å². The first-order valence-electron chi connectivity index (χ1n) is 6.46. The molecule has 0 N–H and O–H groups in total. The summed E-state index contributed by atoms with van der Waals surface area (Å²) in [5, 5.41) is 3.07. The van der Waals surface area contributed by atoms with Crippen LogP contribution in [0.1, 0.15) is 33.1 Å². The molecular weight excluding hydrogens is 204 g/mol. The highest BCUT2D eigenvalue weighted by molar-refractivity contribution is 5.01. The maximum Gasteiger partial charge on any atom is 0.0879 e. The number of ether oxygens (including phenoxy) is 1. The molecule has 0 aromatic heterocycles. The summed E-state index contributed by atoms with van der Waals surface area (Å²) in [4.78, 5) is 12.8. The number of nitrogens with zero attached hydrogens (tertiary/aromatic N) is 2. The van der Waals surface area contributed by atoms with Crippen molar-refractivity contribution in [2.45, 2.75) is 45.3 Å². The Bertz CT molecular complexity index is 253. The monoisotopic (exact) mass is 226 g/mol. The Balaban J connectivity index is 0.000000457. The predicted molar refractivity (Wildman–Crippen MR) is 63.4 cm³/mol. The van der Waals surface area contributed by atoms with Crippen LogP contribution in [-0.4, -0.2) is 43.3 Å². The molecule has 2 atom stereocenters. The Kier molecular flexibility index (Phi) is 3.60. The van der Waals surface area contributed by atoms with Crippen LogP contribution >= 0.6 is 0 Å². The molecule has 2 saturated heterocycles. The van der Waals surface area contributed by atoms with Crippen molar-refractivity contribution in [2.75, 3.05) is 26.2 Å². The van der Waals surface area contributed by atoms with Crippen molar-refractivity contribution in [2.24, 2.45) is 10.6 Å². The number of hydrogen-bond acceptors (Lipinski definition) is 4. The van der Waals surface area contributed by atoms with E-state index >= 15 is 0 Å². The van der Waals surface area contributed by atoms with Crippen LogP contribution in [0.5, 0.6) is 0 Å². The van der Waals surface area contributed by atoms with E-state index in [0.717, 1.165) is 19.7 Å². The minimum Gasteiger partial charge on any atom is -0.375 e. The van der Waals surface area contributed by atoms with E-state index in [0.29, 0.717) is 18.7 Å². The van der Waals surface area contributed by atoms with Gasteiger partial charge in [-0.25, -0.2) is 0 Å². The molecular formula is C12H22N2O2. The van der Waals surface area contributed by atoms with Crippen molar-refractivity contribution in [1.82, 2.24) is 4.90 Å². The van der Waals surface area contributed by atoms with Crippen molar-refractivity contribution >= 4 is 0 Å². The summed E-state index contributed by atoms with van der Waals surface area (Å²) in [6.07, 6.45) is 4.05. The van der Waals surface area contributed by atoms with Gasteiger partial charge in [0.1, 0.15) is 0 Å². The predicted octanol–water partition coefficient (Wildman–Crippen LogP) is 2.03. The minimum absolute atomic E-state index is 0.256. The maximum absolute atomic E-state index is 10.3. The molecule has 2 bridgehead atoms. The van der Waals surface area contributed by atoms with E-state index in [-0.39, 0.29) is 5.41 Å². The number of likely N-dealkylation sites (tertiary alicyclic amines) is 1. The summed E-state index contributed by atoms with van der Waals surface area (Å²) in [5.41, 5.74) is 0.256. The van der Waals surface area contributed by atoms with Crippen molar-refractivity contribution < 1.29 is 4.74 Å². The summed E-state index contributed by atoms with van der Waals surface area (Å²) in [5.74, 6) is 0. The van der Waals surface area contributed by atoms with E-state index in [1.165, 1.54) is 19.3 Å². The largest absolute Gasteiger partial charge is 0.375 e. The van der Waals surface area contributed by atoms with Gasteiger partial charge in [0.25, 0.3) is 0 Å². The second-order valence-corrected chi connectivity index (χ2v) is 5.06. The Morgan fingerprint density at radius 1 is 1.44 bits per heavy atom. The van der Waals surface area contributed by atoms with Crippen LogP contribution in [0.2, 0.25) is 0 Å². The lowest BCUT2D eigenvalue weighted by Crippen LogP contribution is -2.41. The van der Waals surface area contributed by atoms with Crippen LogP contribution in [0.15, 0.2) is 5.18 Å². The molecule has 0 aromatic rings. The standard InChI is InChI=1S/C10H16N2O2.C2H6/c13-11-6-10(1-2-10)7-12-4-9-3-8(12)5-14-9;1-2/h8-9H,1-7H2;1-2H3. The molecule has 0 amide bonds. The molecule has 3 rings (SSSR count). The van der Waals surface area contributed by atoms with E-state index in [2.05, 4.69) is 10.1 Å². The van der Waals surface area contributed by atoms with Gasteiger partial charge in [-0.05, 0) is 19.3 Å². The lowest BCUT2D eigenvalue weighted by Gasteiger charge is -2.29. The fourth-order valence-electron chi connectivity index (χ4n) is 2.78. The van der Waals surface area contributed by atoms with Gasteiger partial charge >= 0.3 is 0 Å². The Hall–Kier alpha value is -0.480. The molecule has 2 heterocycles. The van der Waals surface area contributed by atoms with Crippen LogP contribution < -0.4 is 0 Å².